The van der Waals surface area contributed by atoms with Crippen molar-refractivity contribution < 1.29 is 9.21 Å². The Hall–Kier alpha value is -1.25. The summed E-state index contributed by atoms with van der Waals surface area (Å²) in [5.41, 5.74) is 0.350. The summed E-state index contributed by atoms with van der Waals surface area (Å²) in [4.78, 5) is 12.0. The standard InChI is InChI=1S/C12H8Cl2O2/c1-7-5-6-10(16-7)12(15)8-3-2-4-9(13)11(8)14/h2-6H,1H3. The first-order valence-electron chi connectivity index (χ1n) is 4.65. The molecule has 0 saturated carbocycles. The van der Waals surface area contributed by atoms with E-state index in [9.17, 15) is 4.79 Å². The maximum atomic E-state index is 12.0. The molecular formula is C12H8Cl2O2. The lowest BCUT2D eigenvalue weighted by Gasteiger charge is -2.02. The van der Waals surface area contributed by atoms with E-state index in [0.29, 0.717) is 16.3 Å². The quantitative estimate of drug-likeness (QED) is 0.755. The van der Waals surface area contributed by atoms with Crippen molar-refractivity contribution in [2.24, 2.45) is 0 Å². The van der Waals surface area contributed by atoms with E-state index in [4.69, 9.17) is 27.6 Å². The second-order valence-electron chi connectivity index (χ2n) is 3.34. The normalized spacial score (nSPS) is 10.4. The minimum atomic E-state index is -0.263. The van der Waals surface area contributed by atoms with Crippen LogP contribution in [0.25, 0.3) is 0 Å². The topological polar surface area (TPSA) is 30.2 Å². The van der Waals surface area contributed by atoms with Crippen molar-refractivity contribution in [3.8, 4) is 0 Å². The van der Waals surface area contributed by atoms with Crippen LogP contribution in [0.1, 0.15) is 21.9 Å². The lowest BCUT2D eigenvalue weighted by atomic mass is 10.1. The van der Waals surface area contributed by atoms with Gasteiger partial charge in [-0.1, -0.05) is 29.3 Å². The molecule has 0 radical (unpaired) electrons. The number of aryl methyl sites for hydroxylation is 1. The molecule has 82 valence electrons. The van der Waals surface area contributed by atoms with Gasteiger partial charge in [0, 0.05) is 5.56 Å². The molecule has 4 heteroatoms. The summed E-state index contributed by atoms with van der Waals surface area (Å²) in [5.74, 6) is 0.684. The number of carbonyl (C=O) groups is 1. The first-order valence-corrected chi connectivity index (χ1v) is 5.40. The van der Waals surface area contributed by atoms with Gasteiger partial charge in [-0.25, -0.2) is 0 Å². The Bertz CT molecular complexity index is 544. The zero-order valence-corrected chi connectivity index (χ0v) is 9.97. The average molecular weight is 255 g/mol. The van der Waals surface area contributed by atoms with E-state index in [1.54, 1.807) is 37.3 Å². The Morgan fingerprint density at radius 1 is 1.19 bits per heavy atom. The molecule has 0 spiro atoms. The van der Waals surface area contributed by atoms with Crippen molar-refractivity contribution in [3.63, 3.8) is 0 Å². The lowest BCUT2D eigenvalue weighted by Crippen LogP contribution is -2.00. The van der Waals surface area contributed by atoms with Crippen LogP contribution < -0.4 is 0 Å². The third-order valence-corrected chi connectivity index (χ3v) is 2.98. The third-order valence-electron chi connectivity index (χ3n) is 2.16. The summed E-state index contributed by atoms with van der Waals surface area (Å²) in [5, 5.41) is 0.610. The van der Waals surface area contributed by atoms with Crippen molar-refractivity contribution in [2.75, 3.05) is 0 Å². The zero-order chi connectivity index (χ0) is 11.7. The Balaban J connectivity index is 2.45. The van der Waals surface area contributed by atoms with Crippen molar-refractivity contribution in [1.29, 1.82) is 0 Å². The molecular weight excluding hydrogens is 247 g/mol. The summed E-state index contributed by atoms with van der Waals surface area (Å²) < 4.78 is 5.24. The van der Waals surface area contributed by atoms with Gasteiger partial charge < -0.3 is 4.42 Å². The van der Waals surface area contributed by atoms with Crippen LogP contribution in [-0.2, 0) is 0 Å². The molecule has 2 nitrogen and oxygen atoms in total. The molecule has 1 heterocycles. The number of ketones is 1. The first-order chi connectivity index (χ1) is 7.59. The fraction of sp³-hybridized carbons (Fsp3) is 0.0833. The Labute approximate surface area is 103 Å². The van der Waals surface area contributed by atoms with E-state index in [1.807, 2.05) is 0 Å². The van der Waals surface area contributed by atoms with Crippen molar-refractivity contribution in [3.05, 3.63) is 57.5 Å². The van der Waals surface area contributed by atoms with Crippen LogP contribution in [0.2, 0.25) is 10.0 Å². The zero-order valence-electron chi connectivity index (χ0n) is 8.46. The molecule has 2 aromatic rings. The largest absolute Gasteiger partial charge is 0.458 e. The summed E-state index contributed by atoms with van der Waals surface area (Å²) in [6, 6.07) is 8.28. The van der Waals surface area contributed by atoms with E-state index >= 15 is 0 Å². The molecule has 0 saturated heterocycles. The minimum absolute atomic E-state index is 0.253. The predicted octanol–water partition coefficient (Wildman–Crippen LogP) is 4.13. The highest BCUT2D eigenvalue weighted by molar-refractivity contribution is 6.44. The van der Waals surface area contributed by atoms with Gasteiger partial charge in [0.25, 0.3) is 0 Å². The Kier molecular flexibility index (Phi) is 3.03. The summed E-state index contributed by atoms with van der Waals surface area (Å²) in [6.45, 7) is 1.77. The number of rotatable bonds is 2. The van der Waals surface area contributed by atoms with Gasteiger partial charge in [-0.05, 0) is 31.2 Å². The van der Waals surface area contributed by atoms with E-state index in [2.05, 4.69) is 0 Å². The molecule has 0 aliphatic carbocycles. The highest BCUT2D eigenvalue weighted by atomic mass is 35.5. The number of benzene rings is 1. The van der Waals surface area contributed by atoms with Crippen molar-refractivity contribution in [1.82, 2.24) is 0 Å². The Morgan fingerprint density at radius 2 is 1.94 bits per heavy atom. The van der Waals surface area contributed by atoms with E-state index in [-0.39, 0.29) is 16.6 Å². The van der Waals surface area contributed by atoms with Gasteiger partial charge in [-0.2, -0.15) is 0 Å². The molecule has 1 aromatic carbocycles. The van der Waals surface area contributed by atoms with Crippen LogP contribution >= 0.6 is 23.2 Å². The van der Waals surface area contributed by atoms with Gasteiger partial charge in [0.1, 0.15) is 5.76 Å². The van der Waals surface area contributed by atoms with E-state index in [0.717, 1.165) is 0 Å². The maximum absolute atomic E-state index is 12.0. The van der Waals surface area contributed by atoms with Gasteiger partial charge in [-0.3, -0.25) is 4.79 Å². The number of furan rings is 1. The van der Waals surface area contributed by atoms with Gasteiger partial charge in [0.05, 0.1) is 10.0 Å². The molecule has 0 atom stereocenters. The maximum Gasteiger partial charge on any atom is 0.229 e. The summed E-state index contributed by atoms with van der Waals surface area (Å²) in [7, 11) is 0. The summed E-state index contributed by atoms with van der Waals surface area (Å²) in [6.07, 6.45) is 0. The van der Waals surface area contributed by atoms with Crippen LogP contribution in [0.3, 0.4) is 0 Å². The SMILES string of the molecule is Cc1ccc(C(=O)c2cccc(Cl)c2Cl)o1. The van der Waals surface area contributed by atoms with Gasteiger partial charge in [0.15, 0.2) is 5.76 Å². The highest BCUT2D eigenvalue weighted by Crippen LogP contribution is 2.27. The molecule has 0 fully saturated rings. The fourth-order valence-electron chi connectivity index (χ4n) is 1.37. The van der Waals surface area contributed by atoms with Gasteiger partial charge in [-0.15, -0.1) is 0 Å². The molecule has 0 unspecified atom stereocenters. The highest BCUT2D eigenvalue weighted by Gasteiger charge is 2.17. The predicted molar refractivity (Wildman–Crippen MR) is 63.3 cm³/mol. The van der Waals surface area contributed by atoms with Gasteiger partial charge >= 0.3 is 0 Å². The van der Waals surface area contributed by atoms with Crippen LogP contribution in [0.15, 0.2) is 34.7 Å². The monoisotopic (exact) mass is 254 g/mol. The molecule has 0 amide bonds. The molecule has 2 rings (SSSR count). The smallest absolute Gasteiger partial charge is 0.229 e. The van der Waals surface area contributed by atoms with Crippen LogP contribution in [-0.4, -0.2) is 5.78 Å². The van der Waals surface area contributed by atoms with Crippen molar-refractivity contribution >= 4 is 29.0 Å². The van der Waals surface area contributed by atoms with Crippen LogP contribution in [0.4, 0.5) is 0 Å². The van der Waals surface area contributed by atoms with Crippen molar-refractivity contribution in [2.45, 2.75) is 6.92 Å². The number of hydrogen-bond donors (Lipinski definition) is 0. The third kappa shape index (κ3) is 1.99. The molecule has 0 N–H and O–H groups in total. The molecule has 0 bridgehead atoms. The molecule has 0 aliphatic heterocycles. The Morgan fingerprint density at radius 3 is 2.56 bits per heavy atom. The number of halogens is 2. The van der Waals surface area contributed by atoms with Crippen LogP contribution in [0, 0.1) is 6.92 Å². The second kappa shape index (κ2) is 4.32. The summed E-state index contributed by atoms with van der Waals surface area (Å²) >= 11 is 11.8. The van der Waals surface area contributed by atoms with Crippen LogP contribution in [0.5, 0.6) is 0 Å². The minimum Gasteiger partial charge on any atom is -0.458 e. The number of hydrogen-bond acceptors (Lipinski definition) is 2. The second-order valence-corrected chi connectivity index (χ2v) is 4.13. The van der Waals surface area contributed by atoms with Gasteiger partial charge in [0.2, 0.25) is 5.78 Å². The first kappa shape index (κ1) is 11.2. The fourth-order valence-corrected chi connectivity index (χ4v) is 1.75. The lowest BCUT2D eigenvalue weighted by molar-refractivity contribution is 0.101. The number of carbonyl (C=O) groups excluding carboxylic acids is 1. The average Bonchev–Trinajstić information content (AvgIpc) is 2.68. The molecule has 0 aliphatic rings. The van der Waals surface area contributed by atoms with E-state index < -0.39 is 0 Å². The van der Waals surface area contributed by atoms with E-state index in [1.165, 1.54) is 0 Å². The molecule has 16 heavy (non-hydrogen) atoms. The molecule has 1 aromatic heterocycles.